The van der Waals surface area contributed by atoms with Crippen molar-refractivity contribution in [2.75, 3.05) is 4.90 Å². The van der Waals surface area contributed by atoms with E-state index in [1.54, 1.807) is 6.07 Å². The van der Waals surface area contributed by atoms with Crippen LogP contribution in [-0.2, 0) is 13.6 Å². The summed E-state index contributed by atoms with van der Waals surface area (Å²) < 4.78 is 2.09. The fourth-order valence-electron chi connectivity index (χ4n) is 3.11. The molecule has 0 saturated heterocycles. The lowest BCUT2D eigenvalue weighted by Crippen LogP contribution is -2.20. The quantitative estimate of drug-likeness (QED) is 0.418. The van der Waals surface area contributed by atoms with Crippen LogP contribution in [0.25, 0.3) is 11.0 Å². The van der Waals surface area contributed by atoms with Gasteiger partial charge in [-0.25, -0.2) is 4.98 Å². The first-order chi connectivity index (χ1) is 12.6. The van der Waals surface area contributed by atoms with Crippen molar-refractivity contribution in [2.24, 2.45) is 7.05 Å². The Labute approximate surface area is 162 Å². The van der Waals surface area contributed by atoms with Gasteiger partial charge in [-0.1, -0.05) is 65.7 Å². The third kappa shape index (κ3) is 3.28. The van der Waals surface area contributed by atoms with E-state index in [1.807, 2.05) is 55.6 Å². The van der Waals surface area contributed by atoms with E-state index < -0.39 is 0 Å². The Kier molecular flexibility index (Phi) is 4.58. The molecule has 5 heteroatoms. The van der Waals surface area contributed by atoms with Crippen LogP contribution in [-0.4, -0.2) is 9.55 Å². The second-order valence-electron chi connectivity index (χ2n) is 6.16. The van der Waals surface area contributed by atoms with Crippen LogP contribution in [0.4, 0.5) is 11.6 Å². The lowest BCUT2D eigenvalue weighted by atomic mass is 10.2. The van der Waals surface area contributed by atoms with E-state index in [0.29, 0.717) is 16.6 Å². The second-order valence-corrected chi connectivity index (χ2v) is 7.03. The second kappa shape index (κ2) is 7.02. The highest BCUT2D eigenvalue weighted by molar-refractivity contribution is 6.35. The third-order valence-corrected chi connectivity index (χ3v) is 4.78. The zero-order valence-corrected chi connectivity index (χ0v) is 15.7. The van der Waals surface area contributed by atoms with Crippen LogP contribution in [0.3, 0.4) is 0 Å². The Morgan fingerprint density at radius 3 is 2.23 bits per heavy atom. The summed E-state index contributed by atoms with van der Waals surface area (Å²) in [6.07, 6.45) is 0. The highest BCUT2D eigenvalue weighted by Gasteiger charge is 2.18. The molecule has 0 spiro atoms. The number of hydrogen-bond acceptors (Lipinski definition) is 2. The first-order valence-corrected chi connectivity index (χ1v) is 9.06. The number of nitrogens with zero attached hydrogens (tertiary/aromatic N) is 3. The van der Waals surface area contributed by atoms with E-state index in [1.165, 1.54) is 5.56 Å². The van der Waals surface area contributed by atoms with Crippen molar-refractivity contribution in [2.45, 2.75) is 6.54 Å². The van der Waals surface area contributed by atoms with Crippen molar-refractivity contribution in [3.05, 3.63) is 88.4 Å². The zero-order chi connectivity index (χ0) is 18.1. The van der Waals surface area contributed by atoms with Crippen LogP contribution in [0, 0.1) is 0 Å². The molecule has 0 aliphatic carbocycles. The van der Waals surface area contributed by atoms with Crippen LogP contribution < -0.4 is 4.90 Å². The number of para-hydroxylation sites is 2. The maximum Gasteiger partial charge on any atom is 0.211 e. The molecule has 1 aromatic heterocycles. The molecule has 0 fully saturated rings. The van der Waals surface area contributed by atoms with Crippen LogP contribution in [0.15, 0.2) is 72.8 Å². The number of anilines is 2. The van der Waals surface area contributed by atoms with E-state index in [9.17, 15) is 0 Å². The molecule has 26 heavy (non-hydrogen) atoms. The van der Waals surface area contributed by atoms with Gasteiger partial charge in [-0.05, 0) is 35.9 Å². The first kappa shape index (κ1) is 17.0. The molecular weight excluding hydrogens is 365 g/mol. The molecule has 0 bridgehead atoms. The van der Waals surface area contributed by atoms with Gasteiger partial charge in [0, 0.05) is 22.8 Å². The normalized spacial score (nSPS) is 11.0. The van der Waals surface area contributed by atoms with E-state index in [2.05, 4.69) is 27.7 Å². The number of halogens is 2. The molecule has 0 unspecified atom stereocenters. The van der Waals surface area contributed by atoms with E-state index >= 15 is 0 Å². The SMILES string of the molecule is Cn1c(N(Cc2ccccc2)c2cc(Cl)cc(Cl)c2)nc2ccccc21. The predicted molar refractivity (Wildman–Crippen MR) is 109 cm³/mol. The molecule has 0 atom stereocenters. The number of imidazole rings is 1. The minimum Gasteiger partial charge on any atom is -0.313 e. The molecule has 3 aromatic carbocycles. The van der Waals surface area contributed by atoms with E-state index in [-0.39, 0.29) is 0 Å². The third-order valence-electron chi connectivity index (χ3n) is 4.35. The molecule has 1 heterocycles. The summed E-state index contributed by atoms with van der Waals surface area (Å²) in [5, 5.41) is 1.20. The predicted octanol–water partition coefficient (Wildman–Crippen LogP) is 6.22. The Hall–Kier alpha value is -2.49. The summed E-state index contributed by atoms with van der Waals surface area (Å²) >= 11 is 12.5. The number of fused-ring (bicyclic) bond motifs is 1. The number of hydrogen-bond donors (Lipinski definition) is 0. The van der Waals surface area contributed by atoms with Gasteiger partial charge in [-0.2, -0.15) is 0 Å². The molecule has 3 nitrogen and oxygen atoms in total. The number of aromatic nitrogens is 2. The summed E-state index contributed by atoms with van der Waals surface area (Å²) in [5.74, 6) is 0.841. The fraction of sp³-hybridized carbons (Fsp3) is 0.0952. The van der Waals surface area contributed by atoms with Crippen molar-refractivity contribution in [3.63, 3.8) is 0 Å². The Morgan fingerprint density at radius 1 is 0.885 bits per heavy atom. The topological polar surface area (TPSA) is 21.1 Å². The number of benzene rings is 3. The minimum absolute atomic E-state index is 0.601. The average molecular weight is 382 g/mol. The Bertz CT molecular complexity index is 1040. The molecular formula is C21H17Cl2N3. The molecule has 4 aromatic rings. The maximum absolute atomic E-state index is 6.26. The molecule has 0 aliphatic heterocycles. The summed E-state index contributed by atoms with van der Waals surface area (Å²) in [6.45, 7) is 0.661. The van der Waals surface area contributed by atoms with Crippen molar-refractivity contribution < 1.29 is 0 Å². The first-order valence-electron chi connectivity index (χ1n) is 8.31. The van der Waals surface area contributed by atoms with Gasteiger partial charge in [0.05, 0.1) is 17.6 Å². The van der Waals surface area contributed by atoms with Crippen molar-refractivity contribution >= 4 is 45.9 Å². The van der Waals surface area contributed by atoms with E-state index in [4.69, 9.17) is 28.2 Å². The van der Waals surface area contributed by atoms with Gasteiger partial charge >= 0.3 is 0 Å². The molecule has 4 rings (SSSR count). The van der Waals surface area contributed by atoms with Crippen LogP contribution in [0.5, 0.6) is 0 Å². The van der Waals surface area contributed by atoms with Gasteiger partial charge in [0.1, 0.15) is 0 Å². The van der Waals surface area contributed by atoms with Gasteiger partial charge in [0.25, 0.3) is 0 Å². The van der Waals surface area contributed by atoms with Gasteiger partial charge in [0.2, 0.25) is 5.95 Å². The number of rotatable bonds is 4. The van der Waals surface area contributed by atoms with Crippen LogP contribution in [0.1, 0.15) is 5.56 Å². The molecule has 0 saturated carbocycles. The zero-order valence-electron chi connectivity index (χ0n) is 14.2. The standard InChI is InChI=1S/C21H17Cl2N3/c1-25-20-10-6-5-9-19(20)24-21(25)26(14-15-7-3-2-4-8-15)18-12-16(22)11-17(23)13-18/h2-13H,14H2,1H3. The Balaban J connectivity index is 1.87. The monoisotopic (exact) mass is 381 g/mol. The average Bonchev–Trinajstić information content (AvgIpc) is 2.97. The lowest BCUT2D eigenvalue weighted by Gasteiger charge is -2.24. The summed E-state index contributed by atoms with van der Waals surface area (Å²) in [5.41, 5.74) is 4.12. The summed E-state index contributed by atoms with van der Waals surface area (Å²) in [6, 6.07) is 23.9. The molecule has 0 radical (unpaired) electrons. The van der Waals surface area contributed by atoms with Gasteiger partial charge in [-0.3, -0.25) is 0 Å². The van der Waals surface area contributed by atoms with Gasteiger partial charge in [-0.15, -0.1) is 0 Å². The summed E-state index contributed by atoms with van der Waals surface area (Å²) in [7, 11) is 2.02. The minimum atomic E-state index is 0.601. The molecule has 130 valence electrons. The van der Waals surface area contributed by atoms with Crippen molar-refractivity contribution in [1.82, 2.24) is 9.55 Å². The highest BCUT2D eigenvalue weighted by Crippen LogP contribution is 2.33. The molecule has 0 aliphatic rings. The lowest BCUT2D eigenvalue weighted by molar-refractivity contribution is 0.850. The largest absolute Gasteiger partial charge is 0.313 e. The van der Waals surface area contributed by atoms with Gasteiger partial charge in [0.15, 0.2) is 0 Å². The van der Waals surface area contributed by atoms with Crippen LogP contribution >= 0.6 is 23.2 Å². The summed E-state index contributed by atoms with van der Waals surface area (Å²) in [4.78, 5) is 6.98. The van der Waals surface area contributed by atoms with Crippen molar-refractivity contribution in [1.29, 1.82) is 0 Å². The number of aryl methyl sites for hydroxylation is 1. The Morgan fingerprint density at radius 2 is 1.54 bits per heavy atom. The highest BCUT2D eigenvalue weighted by atomic mass is 35.5. The van der Waals surface area contributed by atoms with Crippen LogP contribution in [0.2, 0.25) is 10.0 Å². The maximum atomic E-state index is 6.26. The molecule has 0 amide bonds. The van der Waals surface area contributed by atoms with E-state index in [0.717, 1.165) is 22.7 Å². The van der Waals surface area contributed by atoms with Gasteiger partial charge < -0.3 is 9.47 Å². The smallest absolute Gasteiger partial charge is 0.211 e. The fourth-order valence-corrected chi connectivity index (χ4v) is 3.63. The van der Waals surface area contributed by atoms with Crippen molar-refractivity contribution in [3.8, 4) is 0 Å². The molecule has 0 N–H and O–H groups in total.